The molecule has 0 spiro atoms. The molecule has 0 atom stereocenters. The molecule has 0 N–H and O–H groups in total. The van der Waals surface area contributed by atoms with E-state index < -0.39 is 0 Å². The quantitative estimate of drug-likeness (QED) is 0.159. The summed E-state index contributed by atoms with van der Waals surface area (Å²) in [5.74, 6) is 0.897. The van der Waals surface area contributed by atoms with Crippen molar-refractivity contribution in [2.45, 2.75) is 0 Å². The van der Waals surface area contributed by atoms with Gasteiger partial charge in [-0.2, -0.15) is 0 Å². The van der Waals surface area contributed by atoms with Crippen molar-refractivity contribution in [2.75, 3.05) is 0 Å². The van der Waals surface area contributed by atoms with Gasteiger partial charge < -0.3 is 4.42 Å². The third kappa shape index (κ3) is 3.72. The molecule has 43 heavy (non-hydrogen) atoms. The summed E-state index contributed by atoms with van der Waals surface area (Å²) >= 11 is 0. The number of rotatable bonds is 3. The topological polar surface area (TPSA) is 13.1 Å². The normalized spacial score (nSPS) is 11.7. The lowest BCUT2D eigenvalue weighted by Gasteiger charge is -2.16. The van der Waals surface area contributed by atoms with Crippen LogP contribution in [0.4, 0.5) is 0 Å². The van der Waals surface area contributed by atoms with Gasteiger partial charge in [0, 0.05) is 27.5 Å². The van der Waals surface area contributed by atoms with Crippen molar-refractivity contribution in [3.63, 3.8) is 0 Å². The molecule has 200 valence electrons. The zero-order chi connectivity index (χ0) is 28.3. The SMILES string of the molecule is c1ccc(-c2ccc3cc4ccccc4cc3c2-c2c(-c3ccccc3)oc3c2ccc2c4ccccc4ccc23)cc1. The molecule has 9 aromatic rings. The van der Waals surface area contributed by atoms with Crippen molar-refractivity contribution >= 4 is 54.1 Å². The maximum absolute atomic E-state index is 7.03. The Hall–Kier alpha value is -5.66. The van der Waals surface area contributed by atoms with Crippen LogP contribution in [0.2, 0.25) is 0 Å². The molecule has 0 bridgehead atoms. The molecule has 1 heterocycles. The summed E-state index contributed by atoms with van der Waals surface area (Å²) in [6, 6.07) is 56.7. The Morgan fingerprint density at radius 1 is 0.326 bits per heavy atom. The van der Waals surface area contributed by atoms with E-state index >= 15 is 0 Å². The highest BCUT2D eigenvalue weighted by Crippen LogP contribution is 2.49. The highest BCUT2D eigenvalue weighted by molar-refractivity contribution is 6.22. The molecule has 0 saturated heterocycles. The lowest BCUT2D eigenvalue weighted by molar-refractivity contribution is 0.636. The second-order valence-corrected chi connectivity index (χ2v) is 11.3. The van der Waals surface area contributed by atoms with E-state index in [2.05, 4.69) is 158 Å². The molecule has 0 saturated carbocycles. The Bertz CT molecular complexity index is 2480. The molecule has 0 unspecified atom stereocenters. The van der Waals surface area contributed by atoms with E-state index in [0.29, 0.717) is 0 Å². The lowest BCUT2D eigenvalue weighted by atomic mass is 9.86. The first-order chi connectivity index (χ1) is 21.3. The molecular formula is C42H26O. The molecule has 1 heteroatoms. The second-order valence-electron chi connectivity index (χ2n) is 11.3. The minimum Gasteiger partial charge on any atom is -0.455 e. The average Bonchev–Trinajstić information content (AvgIpc) is 3.47. The molecule has 1 aromatic heterocycles. The van der Waals surface area contributed by atoms with E-state index in [4.69, 9.17) is 4.42 Å². The van der Waals surface area contributed by atoms with Crippen LogP contribution in [-0.4, -0.2) is 0 Å². The van der Waals surface area contributed by atoms with Gasteiger partial charge >= 0.3 is 0 Å². The molecule has 0 amide bonds. The van der Waals surface area contributed by atoms with Crippen LogP contribution in [0, 0.1) is 0 Å². The van der Waals surface area contributed by atoms with Crippen molar-refractivity contribution in [3.05, 3.63) is 158 Å². The van der Waals surface area contributed by atoms with E-state index in [-0.39, 0.29) is 0 Å². The zero-order valence-corrected chi connectivity index (χ0v) is 23.4. The number of hydrogen-bond donors (Lipinski definition) is 0. The molecule has 0 radical (unpaired) electrons. The first-order valence-corrected chi connectivity index (χ1v) is 14.8. The standard InChI is InChI=1S/C42H26O/c1-3-11-27(12-4-1)34-21-20-32-25-30-16-7-8-17-31(30)26-38(32)39(34)40-37-24-23-35-33-18-10-9-13-28(33)19-22-36(35)42(37)43-41(40)29-14-5-2-6-15-29/h1-26H. The maximum atomic E-state index is 7.03. The van der Waals surface area contributed by atoms with E-state index in [9.17, 15) is 0 Å². The number of furan rings is 1. The van der Waals surface area contributed by atoms with Crippen LogP contribution >= 0.6 is 0 Å². The van der Waals surface area contributed by atoms with Gasteiger partial charge in [0.25, 0.3) is 0 Å². The van der Waals surface area contributed by atoms with Gasteiger partial charge in [-0.1, -0.05) is 133 Å². The summed E-state index contributed by atoms with van der Waals surface area (Å²) < 4.78 is 7.03. The van der Waals surface area contributed by atoms with Crippen LogP contribution in [0.1, 0.15) is 0 Å². The van der Waals surface area contributed by atoms with Gasteiger partial charge in [-0.05, 0) is 73.1 Å². The Balaban J connectivity index is 1.48. The summed E-state index contributed by atoms with van der Waals surface area (Å²) in [5, 5.41) is 10.8. The van der Waals surface area contributed by atoms with Crippen molar-refractivity contribution in [1.82, 2.24) is 0 Å². The Kier molecular flexibility index (Phi) is 5.27. The molecular weight excluding hydrogens is 520 g/mol. The van der Waals surface area contributed by atoms with Gasteiger partial charge in [-0.15, -0.1) is 0 Å². The summed E-state index contributed by atoms with van der Waals surface area (Å²) in [4.78, 5) is 0. The van der Waals surface area contributed by atoms with E-state index in [1.807, 2.05) is 0 Å². The zero-order valence-electron chi connectivity index (χ0n) is 23.4. The first kappa shape index (κ1) is 24.0. The van der Waals surface area contributed by atoms with E-state index in [0.717, 1.165) is 33.2 Å². The molecule has 0 fully saturated rings. The maximum Gasteiger partial charge on any atom is 0.143 e. The smallest absolute Gasteiger partial charge is 0.143 e. The van der Waals surface area contributed by atoms with Crippen molar-refractivity contribution < 1.29 is 4.42 Å². The molecule has 8 aromatic carbocycles. The molecule has 9 rings (SSSR count). The molecule has 0 aliphatic rings. The predicted molar refractivity (Wildman–Crippen MR) is 183 cm³/mol. The van der Waals surface area contributed by atoms with E-state index in [1.165, 1.54) is 54.4 Å². The second kappa shape index (κ2) is 9.44. The largest absolute Gasteiger partial charge is 0.455 e. The monoisotopic (exact) mass is 546 g/mol. The fourth-order valence-electron chi connectivity index (χ4n) is 6.83. The highest BCUT2D eigenvalue weighted by Gasteiger charge is 2.24. The third-order valence-corrected chi connectivity index (χ3v) is 8.83. The third-order valence-electron chi connectivity index (χ3n) is 8.83. The van der Waals surface area contributed by atoms with Gasteiger partial charge in [0.2, 0.25) is 0 Å². The number of hydrogen-bond acceptors (Lipinski definition) is 1. The van der Waals surface area contributed by atoms with Crippen LogP contribution < -0.4 is 0 Å². The number of fused-ring (bicyclic) bond motifs is 7. The van der Waals surface area contributed by atoms with Gasteiger partial charge in [-0.25, -0.2) is 0 Å². The summed E-state index contributed by atoms with van der Waals surface area (Å²) in [6.45, 7) is 0. The first-order valence-electron chi connectivity index (χ1n) is 14.8. The Morgan fingerprint density at radius 2 is 0.930 bits per heavy atom. The number of benzene rings is 8. The Labute approximate surface area is 249 Å². The summed E-state index contributed by atoms with van der Waals surface area (Å²) in [5.41, 5.74) is 6.71. The van der Waals surface area contributed by atoms with Crippen molar-refractivity contribution in [3.8, 4) is 33.6 Å². The minimum atomic E-state index is 0.897. The van der Waals surface area contributed by atoms with Gasteiger partial charge in [-0.3, -0.25) is 0 Å². The lowest BCUT2D eigenvalue weighted by Crippen LogP contribution is -1.90. The molecule has 1 nitrogen and oxygen atoms in total. The van der Waals surface area contributed by atoms with E-state index in [1.54, 1.807) is 0 Å². The van der Waals surface area contributed by atoms with Crippen molar-refractivity contribution in [1.29, 1.82) is 0 Å². The molecule has 0 aliphatic heterocycles. The van der Waals surface area contributed by atoms with Crippen LogP contribution in [0.3, 0.4) is 0 Å². The van der Waals surface area contributed by atoms with Gasteiger partial charge in [0.05, 0.1) is 0 Å². The van der Waals surface area contributed by atoms with Crippen LogP contribution in [0.5, 0.6) is 0 Å². The Morgan fingerprint density at radius 3 is 1.72 bits per heavy atom. The minimum absolute atomic E-state index is 0.897. The summed E-state index contributed by atoms with van der Waals surface area (Å²) in [6.07, 6.45) is 0. The summed E-state index contributed by atoms with van der Waals surface area (Å²) in [7, 11) is 0. The van der Waals surface area contributed by atoms with Crippen LogP contribution in [0.15, 0.2) is 162 Å². The molecule has 0 aliphatic carbocycles. The van der Waals surface area contributed by atoms with Crippen LogP contribution in [0.25, 0.3) is 87.6 Å². The van der Waals surface area contributed by atoms with Crippen LogP contribution in [-0.2, 0) is 0 Å². The fraction of sp³-hybridized carbons (Fsp3) is 0. The fourth-order valence-corrected chi connectivity index (χ4v) is 6.83. The van der Waals surface area contributed by atoms with Crippen molar-refractivity contribution in [2.24, 2.45) is 0 Å². The average molecular weight is 547 g/mol. The highest BCUT2D eigenvalue weighted by atomic mass is 16.3. The van der Waals surface area contributed by atoms with Gasteiger partial charge in [0.15, 0.2) is 0 Å². The van der Waals surface area contributed by atoms with Gasteiger partial charge in [0.1, 0.15) is 11.3 Å². The predicted octanol–water partition coefficient (Wildman–Crippen LogP) is 12.0.